The van der Waals surface area contributed by atoms with Crippen molar-refractivity contribution in [2.24, 2.45) is 10.8 Å². The summed E-state index contributed by atoms with van der Waals surface area (Å²) < 4.78 is 36.8. The van der Waals surface area contributed by atoms with Crippen LogP contribution >= 0.6 is 47.8 Å². The Bertz CT molecular complexity index is 4720. The number of rotatable bonds is 4. The molecule has 0 saturated carbocycles. The van der Waals surface area contributed by atoms with Gasteiger partial charge < -0.3 is 28.2 Å². The molecule has 0 spiro atoms. The van der Waals surface area contributed by atoms with Gasteiger partial charge in [0.2, 0.25) is 0 Å². The smallest absolute Gasteiger partial charge is 0.482 e. The van der Waals surface area contributed by atoms with Crippen molar-refractivity contribution in [3.05, 3.63) is 211 Å². The number of para-hydroxylation sites is 3. The normalized spacial score (nSPS) is 15.8. The first-order chi connectivity index (χ1) is 43.3. The predicted molar refractivity (Wildman–Crippen MR) is 390 cm³/mol. The van der Waals surface area contributed by atoms with Crippen LogP contribution in [0.1, 0.15) is 69.2 Å². The monoisotopic (exact) mass is 1380 g/mol. The fourth-order valence-corrected chi connectivity index (χ4v) is 14.0. The third-order valence-corrected chi connectivity index (χ3v) is 21.8. The summed E-state index contributed by atoms with van der Waals surface area (Å²) in [6.07, 6.45) is 2.53. The maximum atomic E-state index is 6.74. The summed E-state index contributed by atoms with van der Waals surface area (Å²) >= 11 is 10.0. The van der Waals surface area contributed by atoms with E-state index in [1.807, 2.05) is 59.7 Å². The van der Waals surface area contributed by atoms with Crippen LogP contribution in [-0.4, -0.2) is 42.0 Å². The van der Waals surface area contributed by atoms with Gasteiger partial charge in [-0.25, -0.2) is 0 Å². The van der Waals surface area contributed by atoms with E-state index >= 15 is 0 Å². The summed E-state index contributed by atoms with van der Waals surface area (Å²) in [7, 11) is -0.523. The Morgan fingerprint density at radius 3 is 1.31 bits per heavy atom. The number of hydrogen-bond acceptors (Lipinski definition) is 6. The van der Waals surface area contributed by atoms with Gasteiger partial charge in [-0.2, -0.15) is 18.2 Å². The number of hydrogen-bond donors (Lipinski definition) is 0. The SMILES string of the molecule is BrCCBr.Brc1cccc2c1Oc1cc3ccccc3c3cccc-2c13.CC(C)OB1OC(C)(C)C(C)(C)O1.CC1(C)CB(c2cccc3c2Oc2cc4ccccc4c4cccc-3c24)CC1(C)C.[Li+].[c-]1cccc2c1Oc1cc3ccccc3c3cccc-2c13. The van der Waals surface area contributed by atoms with E-state index in [1.165, 1.54) is 105 Å². The Kier molecular flexibility index (Phi) is 18.4. The molecule has 5 aliphatic rings. The number of alkyl halides is 2. The van der Waals surface area contributed by atoms with Crippen LogP contribution < -0.4 is 38.5 Å². The van der Waals surface area contributed by atoms with E-state index in [4.69, 9.17) is 28.2 Å². The van der Waals surface area contributed by atoms with Crippen LogP contribution in [0.2, 0.25) is 12.6 Å². The maximum Gasteiger partial charge on any atom is 1.00 e. The second kappa shape index (κ2) is 25.9. The molecule has 12 aromatic carbocycles. The van der Waals surface area contributed by atoms with Crippen LogP contribution in [0.5, 0.6) is 34.5 Å². The standard InChI is InChI=1S/C28H27BO.C20H11BrO.C20H11O.C9H19BO3.C2H4Br2.Li/c1-27(2)16-29(17-28(27,3)4)23-14-8-13-22-21-12-7-11-20-19-10-6-5-9-18(19)15-24(25(20)21)30-26(22)23;21-17-10-4-9-16-15-8-3-7-14-13-6-2-1-5-12(13)11-18(19(14)15)22-20(16)17;1-2-7-14-13(6-1)12-19-20-16(14)9-5-10-17(20)15-8-3-4-11-18(15)21-19;1-7(2)11-10-12-8(3,4)9(5,6)13-10;3-1-2-4;/h5-15H,16-17H2,1-4H3;1-11H;1-10,12H;7H,1-6H3;1-2H2;/q;;-1;;;+1. The van der Waals surface area contributed by atoms with Crippen LogP contribution in [0.4, 0.5) is 0 Å². The third-order valence-electron chi connectivity index (χ3n) is 19.4. The first-order valence-electron chi connectivity index (χ1n) is 31.2. The van der Waals surface area contributed by atoms with Gasteiger partial charge in [0.15, 0.2) is 6.71 Å². The van der Waals surface area contributed by atoms with Crippen LogP contribution in [0.3, 0.4) is 0 Å². The molecule has 5 aliphatic heterocycles. The number of fused-ring (bicyclic) bond motifs is 12. The Labute approximate surface area is 573 Å². The molecule has 6 nitrogen and oxygen atoms in total. The van der Waals surface area contributed by atoms with Gasteiger partial charge in [0.1, 0.15) is 28.7 Å². The molecule has 0 aliphatic carbocycles. The van der Waals surface area contributed by atoms with E-state index in [1.54, 1.807) is 0 Å². The van der Waals surface area contributed by atoms with Gasteiger partial charge in [-0.15, -0.1) is 6.07 Å². The predicted octanol–water partition coefficient (Wildman–Crippen LogP) is 20.4. The van der Waals surface area contributed by atoms with E-state index in [0.29, 0.717) is 17.5 Å². The van der Waals surface area contributed by atoms with Crippen LogP contribution in [0.15, 0.2) is 205 Å². The quantitative estimate of drug-likeness (QED) is 0.0757. The Balaban J connectivity index is 0.000000118. The van der Waals surface area contributed by atoms with Crippen LogP contribution in [0, 0.1) is 16.9 Å². The van der Waals surface area contributed by atoms with E-state index in [9.17, 15) is 0 Å². The van der Waals surface area contributed by atoms with Crippen molar-refractivity contribution in [3.63, 3.8) is 0 Å². The van der Waals surface area contributed by atoms with Crippen molar-refractivity contribution in [2.75, 3.05) is 10.7 Å². The molecular formula is C79H72B2Br3LiO6. The molecule has 2 saturated heterocycles. The van der Waals surface area contributed by atoms with Crippen molar-refractivity contribution >= 4 is 132 Å². The van der Waals surface area contributed by atoms with Gasteiger partial charge in [0, 0.05) is 49.8 Å². The van der Waals surface area contributed by atoms with Crippen molar-refractivity contribution < 1.29 is 47.0 Å². The molecule has 0 atom stereocenters. The van der Waals surface area contributed by atoms with Crippen LogP contribution in [-0.2, 0) is 14.0 Å². The van der Waals surface area contributed by atoms with E-state index < -0.39 is 7.32 Å². The van der Waals surface area contributed by atoms with E-state index in [2.05, 4.69) is 264 Å². The fraction of sp³-hybridized carbons (Fsp3) is 0.241. The first-order valence-corrected chi connectivity index (χ1v) is 34.2. The van der Waals surface area contributed by atoms with Crippen LogP contribution in [0.25, 0.3) is 98.0 Å². The maximum absolute atomic E-state index is 6.74. The second-order valence-corrected chi connectivity index (χ2v) is 29.0. The molecule has 0 radical (unpaired) electrons. The number of benzene rings is 12. The van der Waals surface area contributed by atoms with E-state index in [-0.39, 0.29) is 36.2 Å². The summed E-state index contributed by atoms with van der Waals surface area (Å²) in [4.78, 5) is 0. The molecule has 0 unspecified atom stereocenters. The summed E-state index contributed by atoms with van der Waals surface area (Å²) in [6.45, 7) is 22.2. The van der Waals surface area contributed by atoms with Gasteiger partial charge in [-0.05, 0) is 158 Å². The topological polar surface area (TPSA) is 55.4 Å². The Morgan fingerprint density at radius 1 is 0.451 bits per heavy atom. The van der Waals surface area contributed by atoms with E-state index in [0.717, 1.165) is 60.8 Å². The number of halogens is 3. The van der Waals surface area contributed by atoms with Gasteiger partial charge in [-0.3, -0.25) is 0 Å². The fourth-order valence-electron chi connectivity index (χ4n) is 13.5. The minimum Gasteiger partial charge on any atom is -0.482 e. The summed E-state index contributed by atoms with van der Waals surface area (Å²) in [5.74, 6) is 5.64. The van der Waals surface area contributed by atoms with Crippen molar-refractivity contribution in [3.8, 4) is 67.9 Å². The zero-order valence-corrected chi connectivity index (χ0v) is 58.5. The van der Waals surface area contributed by atoms with Crippen molar-refractivity contribution in [1.82, 2.24) is 0 Å². The molecule has 17 rings (SSSR count). The molecule has 0 aromatic heterocycles. The summed E-state index contributed by atoms with van der Waals surface area (Å²) in [5.41, 5.74) is 8.69. The molecule has 5 heterocycles. The Morgan fingerprint density at radius 2 is 0.835 bits per heavy atom. The molecule has 91 heavy (non-hydrogen) atoms. The second-order valence-electron chi connectivity index (χ2n) is 26.5. The van der Waals surface area contributed by atoms with Gasteiger partial charge in [-0.1, -0.05) is 241 Å². The number of ether oxygens (including phenoxy) is 3. The molecule has 452 valence electrons. The van der Waals surface area contributed by atoms with Crippen molar-refractivity contribution in [1.29, 1.82) is 0 Å². The molecule has 12 heteroatoms. The summed E-state index contributed by atoms with van der Waals surface area (Å²) in [6, 6.07) is 73.8. The van der Waals surface area contributed by atoms with Crippen molar-refractivity contribution in [2.45, 2.75) is 99.2 Å². The van der Waals surface area contributed by atoms with Gasteiger partial charge >= 0.3 is 26.2 Å². The minimum atomic E-state index is -0.523. The molecule has 0 bridgehead atoms. The summed E-state index contributed by atoms with van der Waals surface area (Å²) in [5, 5.41) is 17.0. The molecule has 0 N–H and O–H groups in total. The molecule has 2 fully saturated rings. The van der Waals surface area contributed by atoms with Gasteiger partial charge in [0.05, 0.1) is 15.7 Å². The van der Waals surface area contributed by atoms with Gasteiger partial charge in [0.25, 0.3) is 0 Å². The Hall–Kier alpha value is -6.35. The molecule has 12 aromatic rings. The average molecular weight is 1390 g/mol. The molecule has 0 amide bonds. The minimum absolute atomic E-state index is 0. The average Bonchev–Trinajstić information content (AvgIpc) is 1.41. The largest absolute Gasteiger partial charge is 1.00 e. The molecular weight excluding hydrogens is 1310 g/mol. The zero-order chi connectivity index (χ0) is 62.9. The first kappa shape index (κ1) is 64.7. The third kappa shape index (κ3) is 12.1. The zero-order valence-electron chi connectivity index (χ0n) is 53.7.